The van der Waals surface area contributed by atoms with Crippen LogP contribution in [0.15, 0.2) is 54.3 Å². The highest BCUT2D eigenvalue weighted by Crippen LogP contribution is 2.34. The molecule has 2 aliphatic heterocycles. The Morgan fingerprint density at radius 3 is 2.39 bits per heavy atom. The molecule has 1 unspecified atom stereocenters. The first-order valence-corrected chi connectivity index (χ1v) is 9.62. The molecule has 0 bridgehead atoms. The van der Waals surface area contributed by atoms with Crippen LogP contribution < -0.4 is 0 Å². The second-order valence-corrected chi connectivity index (χ2v) is 7.66. The number of carbonyl (C=O) groups excluding carboxylic acids is 4. The molecule has 1 fully saturated rings. The number of hydrogen-bond acceptors (Lipinski definition) is 7. The summed E-state index contributed by atoms with van der Waals surface area (Å²) in [7, 11) is 2.45. The van der Waals surface area contributed by atoms with Crippen molar-refractivity contribution < 1.29 is 33.4 Å². The van der Waals surface area contributed by atoms with Crippen LogP contribution in [0, 0.1) is 5.41 Å². The Labute approximate surface area is 179 Å². The van der Waals surface area contributed by atoms with E-state index in [1.54, 1.807) is 44.2 Å². The van der Waals surface area contributed by atoms with Gasteiger partial charge in [0, 0.05) is 6.20 Å². The van der Waals surface area contributed by atoms with Crippen LogP contribution in [0.3, 0.4) is 0 Å². The molecule has 9 heteroatoms. The van der Waals surface area contributed by atoms with E-state index in [2.05, 4.69) is 0 Å². The van der Waals surface area contributed by atoms with Crippen LogP contribution >= 0.6 is 0 Å². The van der Waals surface area contributed by atoms with E-state index in [4.69, 9.17) is 14.2 Å². The van der Waals surface area contributed by atoms with Crippen LogP contribution in [0.2, 0.25) is 0 Å². The van der Waals surface area contributed by atoms with E-state index in [-0.39, 0.29) is 12.2 Å². The number of hydrogen-bond donors (Lipinski definition) is 0. The normalized spacial score (nSPS) is 20.8. The topological polar surface area (TPSA) is 102 Å². The monoisotopic (exact) mass is 428 g/mol. The minimum absolute atomic E-state index is 0.0320. The Bertz CT molecular complexity index is 952. The highest BCUT2D eigenvalue weighted by Gasteiger charge is 2.45. The number of imide groups is 1. The third-order valence-electron chi connectivity index (χ3n) is 5.40. The minimum atomic E-state index is -1.12. The Morgan fingerprint density at radius 2 is 1.77 bits per heavy atom. The van der Waals surface area contributed by atoms with Gasteiger partial charge in [-0.1, -0.05) is 36.4 Å². The van der Waals surface area contributed by atoms with Gasteiger partial charge in [-0.2, -0.15) is 0 Å². The summed E-state index contributed by atoms with van der Waals surface area (Å²) in [6.45, 7) is 3.27. The van der Waals surface area contributed by atoms with Crippen molar-refractivity contribution >= 4 is 24.1 Å². The summed E-state index contributed by atoms with van der Waals surface area (Å²) in [6.07, 6.45) is 2.76. The zero-order chi connectivity index (χ0) is 22.8. The van der Waals surface area contributed by atoms with E-state index in [9.17, 15) is 19.2 Å². The molecule has 2 atom stereocenters. The second-order valence-electron chi connectivity index (χ2n) is 7.66. The number of carbonyl (C=O) groups is 4. The molecule has 2 aliphatic rings. The zero-order valence-electron chi connectivity index (χ0n) is 17.7. The lowest BCUT2D eigenvalue weighted by Crippen LogP contribution is -2.50. The van der Waals surface area contributed by atoms with Crippen molar-refractivity contribution in [1.29, 1.82) is 0 Å². The van der Waals surface area contributed by atoms with Crippen molar-refractivity contribution in [2.24, 2.45) is 5.41 Å². The molecule has 1 saturated heterocycles. The first-order valence-electron chi connectivity index (χ1n) is 9.62. The zero-order valence-corrected chi connectivity index (χ0v) is 17.7. The summed E-state index contributed by atoms with van der Waals surface area (Å²) in [5, 5.41) is 0. The number of cyclic esters (lactones) is 1. The highest BCUT2D eigenvalue weighted by molar-refractivity contribution is 6.05. The molecule has 164 valence electrons. The molecule has 0 radical (unpaired) electrons. The summed E-state index contributed by atoms with van der Waals surface area (Å²) in [5.41, 5.74) is -0.303. The fourth-order valence-electron chi connectivity index (χ4n) is 3.64. The quantitative estimate of drug-likeness (QED) is 0.537. The fraction of sp³-hybridized carbons (Fsp3) is 0.364. The number of rotatable bonds is 4. The standard InChI is InChI=1S/C22H24N2O7/c1-22(2,19(26)29-3)17-11-10-15(12-23(17)20(27)30-4)18(25)24-16(13-31-21(24)28)14-8-6-5-7-9-14/h5-12,16-17H,13H2,1-4H3/t16-,17?/m1/s1. The number of benzene rings is 1. The van der Waals surface area contributed by atoms with E-state index >= 15 is 0 Å². The lowest BCUT2D eigenvalue weighted by Gasteiger charge is -2.38. The van der Waals surface area contributed by atoms with Gasteiger partial charge < -0.3 is 14.2 Å². The summed E-state index contributed by atoms with van der Waals surface area (Å²) in [6, 6.07) is 7.68. The molecule has 0 aliphatic carbocycles. The first kappa shape index (κ1) is 22.1. The Morgan fingerprint density at radius 1 is 1.10 bits per heavy atom. The average Bonchev–Trinajstić information content (AvgIpc) is 3.18. The molecular weight excluding hydrogens is 404 g/mol. The maximum atomic E-state index is 13.2. The van der Waals surface area contributed by atoms with Crippen molar-refractivity contribution in [3.05, 3.63) is 59.8 Å². The van der Waals surface area contributed by atoms with Crippen LogP contribution in [0.5, 0.6) is 0 Å². The minimum Gasteiger partial charge on any atom is -0.469 e. The second kappa shape index (κ2) is 8.63. The van der Waals surface area contributed by atoms with E-state index in [1.165, 1.54) is 26.5 Å². The predicted octanol–water partition coefficient (Wildman–Crippen LogP) is 2.80. The Kier molecular flexibility index (Phi) is 6.14. The summed E-state index contributed by atoms with van der Waals surface area (Å²) < 4.78 is 14.8. The SMILES string of the molecule is COC(=O)N1C=C(C(=O)N2C(=O)OC[C@@H]2c2ccccc2)C=CC1C(C)(C)C(=O)OC. The third-order valence-corrected chi connectivity index (χ3v) is 5.40. The van der Waals surface area contributed by atoms with E-state index < -0.39 is 41.6 Å². The summed E-state index contributed by atoms with van der Waals surface area (Å²) >= 11 is 0. The molecule has 3 rings (SSSR count). The van der Waals surface area contributed by atoms with Gasteiger partial charge in [0.15, 0.2) is 0 Å². The van der Waals surface area contributed by atoms with Gasteiger partial charge in [0.1, 0.15) is 12.6 Å². The molecule has 31 heavy (non-hydrogen) atoms. The summed E-state index contributed by atoms with van der Waals surface area (Å²) in [4.78, 5) is 52.4. The van der Waals surface area contributed by atoms with Crippen LogP contribution in [0.25, 0.3) is 0 Å². The number of esters is 1. The molecule has 0 spiro atoms. The van der Waals surface area contributed by atoms with Gasteiger partial charge in [-0.05, 0) is 25.5 Å². The molecule has 2 heterocycles. The Balaban J connectivity index is 1.94. The molecule has 0 aromatic heterocycles. The first-order chi connectivity index (χ1) is 14.7. The highest BCUT2D eigenvalue weighted by atomic mass is 16.6. The van der Waals surface area contributed by atoms with Crippen LogP contribution in [-0.4, -0.2) is 60.7 Å². The average molecular weight is 428 g/mol. The largest absolute Gasteiger partial charge is 0.469 e. The van der Waals surface area contributed by atoms with E-state index in [0.29, 0.717) is 0 Å². The maximum Gasteiger partial charge on any atom is 0.417 e. The van der Waals surface area contributed by atoms with Gasteiger partial charge in [0.25, 0.3) is 5.91 Å². The van der Waals surface area contributed by atoms with Crippen LogP contribution in [0.4, 0.5) is 9.59 Å². The molecule has 1 aromatic carbocycles. The fourth-order valence-corrected chi connectivity index (χ4v) is 3.64. The lowest BCUT2D eigenvalue weighted by molar-refractivity contribution is -0.152. The number of methoxy groups -OCH3 is 2. The molecule has 0 saturated carbocycles. The molecule has 9 nitrogen and oxygen atoms in total. The van der Waals surface area contributed by atoms with Crippen LogP contribution in [-0.2, 0) is 23.8 Å². The van der Waals surface area contributed by atoms with Gasteiger partial charge in [0.05, 0.1) is 31.2 Å². The molecule has 0 N–H and O–H groups in total. The van der Waals surface area contributed by atoms with Crippen molar-refractivity contribution in [3.63, 3.8) is 0 Å². The van der Waals surface area contributed by atoms with Gasteiger partial charge in [-0.3, -0.25) is 14.5 Å². The predicted molar refractivity (Wildman–Crippen MR) is 108 cm³/mol. The summed E-state index contributed by atoms with van der Waals surface area (Å²) in [5.74, 6) is -1.16. The van der Waals surface area contributed by atoms with Crippen molar-refractivity contribution in [3.8, 4) is 0 Å². The molecule has 3 amide bonds. The van der Waals surface area contributed by atoms with E-state index in [0.717, 1.165) is 15.4 Å². The number of ether oxygens (including phenoxy) is 3. The number of nitrogens with zero attached hydrogens (tertiary/aromatic N) is 2. The Hall–Kier alpha value is -3.62. The maximum absolute atomic E-state index is 13.2. The number of amides is 3. The van der Waals surface area contributed by atoms with Gasteiger partial charge in [-0.15, -0.1) is 0 Å². The third kappa shape index (κ3) is 4.03. The van der Waals surface area contributed by atoms with Crippen molar-refractivity contribution in [1.82, 2.24) is 9.80 Å². The van der Waals surface area contributed by atoms with Gasteiger partial charge >= 0.3 is 18.2 Å². The molecule has 1 aromatic rings. The van der Waals surface area contributed by atoms with Crippen molar-refractivity contribution in [2.75, 3.05) is 20.8 Å². The van der Waals surface area contributed by atoms with Crippen molar-refractivity contribution in [2.45, 2.75) is 25.9 Å². The molecular formula is C22H24N2O7. The van der Waals surface area contributed by atoms with E-state index in [1.807, 2.05) is 6.07 Å². The van der Waals surface area contributed by atoms with Crippen LogP contribution in [0.1, 0.15) is 25.5 Å². The smallest absolute Gasteiger partial charge is 0.417 e. The van der Waals surface area contributed by atoms with Gasteiger partial charge in [-0.25, -0.2) is 14.5 Å². The van der Waals surface area contributed by atoms with Gasteiger partial charge in [0.2, 0.25) is 0 Å². The lowest BCUT2D eigenvalue weighted by atomic mass is 9.82.